The van der Waals surface area contributed by atoms with Gasteiger partial charge in [-0.25, -0.2) is 4.39 Å². The molecule has 2 aromatic rings. The van der Waals surface area contributed by atoms with Crippen molar-refractivity contribution >= 4 is 28.5 Å². The van der Waals surface area contributed by atoms with Gasteiger partial charge in [0.2, 0.25) is 11.8 Å². The Bertz CT molecular complexity index is 1240. The molecule has 0 bridgehead atoms. The SMILES string of the molecule is N#CC(NC(=O)C1CC2(CCCC2)CN1C(=O)CNC(=O)C(F)(F)F)c1cncc2cc(F)ccc12. The fraction of sp³-hybridized carbons (Fsp3) is 0.458. The minimum absolute atomic E-state index is 0.179. The summed E-state index contributed by atoms with van der Waals surface area (Å²) in [4.78, 5) is 42.5. The van der Waals surface area contributed by atoms with Crippen LogP contribution in [0.15, 0.2) is 30.6 Å². The van der Waals surface area contributed by atoms with Crippen LogP contribution in [0.2, 0.25) is 0 Å². The number of nitrogens with zero attached hydrogens (tertiary/aromatic N) is 3. The maximum Gasteiger partial charge on any atom is 0.471 e. The molecule has 1 aliphatic heterocycles. The molecule has 2 N–H and O–H groups in total. The van der Waals surface area contributed by atoms with Crippen molar-refractivity contribution in [3.8, 4) is 6.07 Å². The first-order valence-electron chi connectivity index (χ1n) is 11.4. The Morgan fingerprint density at radius 2 is 1.94 bits per heavy atom. The highest BCUT2D eigenvalue weighted by Crippen LogP contribution is 2.48. The van der Waals surface area contributed by atoms with Gasteiger partial charge in [-0.15, -0.1) is 0 Å². The summed E-state index contributed by atoms with van der Waals surface area (Å²) in [7, 11) is 0. The number of hydrogen-bond acceptors (Lipinski definition) is 5. The van der Waals surface area contributed by atoms with E-state index in [0.29, 0.717) is 22.8 Å². The predicted octanol–water partition coefficient (Wildman–Crippen LogP) is 2.89. The van der Waals surface area contributed by atoms with Crippen molar-refractivity contribution in [1.29, 1.82) is 5.26 Å². The number of nitrogens with one attached hydrogen (secondary N) is 2. The number of pyridine rings is 1. The Kier molecular flexibility index (Phi) is 6.84. The van der Waals surface area contributed by atoms with Crippen molar-refractivity contribution in [2.45, 2.75) is 50.4 Å². The highest BCUT2D eigenvalue weighted by molar-refractivity contribution is 5.92. The molecule has 190 valence electrons. The van der Waals surface area contributed by atoms with E-state index in [2.05, 4.69) is 10.3 Å². The Labute approximate surface area is 203 Å². The number of alkyl halides is 3. The van der Waals surface area contributed by atoms with Crippen LogP contribution in [0.3, 0.4) is 0 Å². The van der Waals surface area contributed by atoms with Gasteiger partial charge in [0.05, 0.1) is 12.6 Å². The van der Waals surface area contributed by atoms with Gasteiger partial charge in [0.1, 0.15) is 17.9 Å². The summed E-state index contributed by atoms with van der Waals surface area (Å²) in [6.07, 6.45) is 1.30. The molecule has 2 aliphatic rings. The van der Waals surface area contributed by atoms with Crippen LogP contribution in [0.1, 0.15) is 43.7 Å². The van der Waals surface area contributed by atoms with E-state index < -0.39 is 48.3 Å². The van der Waals surface area contributed by atoms with Crippen LogP contribution < -0.4 is 10.6 Å². The van der Waals surface area contributed by atoms with Crippen molar-refractivity contribution in [1.82, 2.24) is 20.5 Å². The zero-order valence-electron chi connectivity index (χ0n) is 19.1. The molecule has 2 fully saturated rings. The molecule has 2 heterocycles. The third-order valence-corrected chi connectivity index (χ3v) is 6.93. The van der Waals surface area contributed by atoms with Gasteiger partial charge in [-0.3, -0.25) is 19.4 Å². The van der Waals surface area contributed by atoms with Gasteiger partial charge in [0.25, 0.3) is 0 Å². The number of amides is 3. The van der Waals surface area contributed by atoms with Crippen molar-refractivity contribution in [3.05, 3.63) is 42.0 Å². The van der Waals surface area contributed by atoms with Crippen LogP contribution >= 0.6 is 0 Å². The molecule has 0 radical (unpaired) electrons. The number of aromatic nitrogens is 1. The summed E-state index contributed by atoms with van der Waals surface area (Å²) >= 11 is 0. The van der Waals surface area contributed by atoms with Crippen molar-refractivity contribution < 1.29 is 31.9 Å². The molecule has 12 heteroatoms. The van der Waals surface area contributed by atoms with Gasteiger partial charge in [-0.2, -0.15) is 18.4 Å². The predicted molar refractivity (Wildman–Crippen MR) is 118 cm³/mol. The minimum Gasteiger partial charge on any atom is -0.339 e. The second-order valence-electron chi connectivity index (χ2n) is 9.29. The van der Waals surface area contributed by atoms with E-state index in [0.717, 1.165) is 25.7 Å². The van der Waals surface area contributed by atoms with E-state index in [1.165, 1.54) is 35.5 Å². The van der Waals surface area contributed by atoms with Gasteiger partial charge in [0.15, 0.2) is 0 Å². The first-order chi connectivity index (χ1) is 17.0. The lowest BCUT2D eigenvalue weighted by Crippen LogP contribution is -2.50. The zero-order chi connectivity index (χ0) is 26.1. The Morgan fingerprint density at radius 3 is 2.61 bits per heavy atom. The summed E-state index contributed by atoms with van der Waals surface area (Å²) in [6.45, 7) is -0.725. The van der Waals surface area contributed by atoms with Crippen LogP contribution in [0.25, 0.3) is 10.8 Å². The number of halogens is 4. The lowest BCUT2D eigenvalue weighted by Gasteiger charge is -2.26. The van der Waals surface area contributed by atoms with Crippen LogP contribution in [0.4, 0.5) is 17.6 Å². The largest absolute Gasteiger partial charge is 0.471 e. The number of benzene rings is 1. The molecule has 36 heavy (non-hydrogen) atoms. The fourth-order valence-corrected chi connectivity index (χ4v) is 5.22. The van der Waals surface area contributed by atoms with E-state index >= 15 is 0 Å². The molecule has 1 saturated carbocycles. The quantitative estimate of drug-likeness (QED) is 0.607. The maximum atomic E-state index is 13.6. The van der Waals surface area contributed by atoms with Gasteiger partial charge in [-0.05, 0) is 42.2 Å². The summed E-state index contributed by atoms with van der Waals surface area (Å²) in [6, 6.07) is 3.75. The summed E-state index contributed by atoms with van der Waals surface area (Å²) in [5.74, 6) is -4.18. The average molecular weight is 505 g/mol. The molecule has 2 atom stereocenters. The standard InChI is InChI=1S/C24H23F4N5O3/c25-15-3-4-16-14(7-15)10-30-11-17(16)18(9-29)32-21(35)19-8-23(5-1-2-6-23)13-33(19)20(34)12-31-22(36)24(26,27)28/h3-4,7,10-11,18-19H,1-2,5-6,8,12-13H2,(H,31,36)(H,32,35). The van der Waals surface area contributed by atoms with Crippen molar-refractivity contribution in [2.24, 2.45) is 5.41 Å². The maximum absolute atomic E-state index is 13.6. The topological polar surface area (TPSA) is 115 Å². The van der Waals surface area contributed by atoms with E-state index in [9.17, 15) is 37.2 Å². The molecule has 1 aromatic heterocycles. The number of likely N-dealkylation sites (tertiary alicyclic amines) is 1. The third-order valence-electron chi connectivity index (χ3n) is 6.93. The van der Waals surface area contributed by atoms with Gasteiger partial charge >= 0.3 is 12.1 Å². The molecule has 8 nitrogen and oxygen atoms in total. The van der Waals surface area contributed by atoms with E-state index in [1.807, 2.05) is 6.07 Å². The Balaban J connectivity index is 1.55. The lowest BCUT2D eigenvalue weighted by atomic mass is 9.84. The van der Waals surface area contributed by atoms with Gasteiger partial charge in [-0.1, -0.05) is 18.9 Å². The summed E-state index contributed by atoms with van der Waals surface area (Å²) in [5.41, 5.74) is -0.000864. The monoisotopic (exact) mass is 505 g/mol. The first-order valence-corrected chi connectivity index (χ1v) is 11.4. The second kappa shape index (κ2) is 9.72. The third kappa shape index (κ3) is 5.10. The van der Waals surface area contributed by atoms with E-state index in [-0.39, 0.29) is 12.0 Å². The molecule has 1 aliphatic carbocycles. The van der Waals surface area contributed by atoms with Gasteiger partial charge < -0.3 is 15.5 Å². The normalized spacial score (nSPS) is 19.8. The molecular weight excluding hydrogens is 482 g/mol. The number of carbonyl (C=O) groups excluding carboxylic acids is 3. The summed E-state index contributed by atoms with van der Waals surface area (Å²) in [5, 5.41) is 14.9. The molecular formula is C24H23F4N5O3. The zero-order valence-corrected chi connectivity index (χ0v) is 19.1. The van der Waals surface area contributed by atoms with E-state index in [4.69, 9.17) is 0 Å². The lowest BCUT2D eigenvalue weighted by molar-refractivity contribution is -0.174. The number of fused-ring (bicyclic) bond motifs is 1. The van der Waals surface area contributed by atoms with Crippen LogP contribution in [-0.2, 0) is 14.4 Å². The average Bonchev–Trinajstić information content (AvgIpc) is 3.46. The van der Waals surface area contributed by atoms with E-state index in [1.54, 1.807) is 5.32 Å². The molecule has 4 rings (SSSR count). The number of hydrogen-bond donors (Lipinski definition) is 2. The smallest absolute Gasteiger partial charge is 0.339 e. The Morgan fingerprint density at radius 1 is 1.22 bits per heavy atom. The van der Waals surface area contributed by atoms with Crippen molar-refractivity contribution in [3.63, 3.8) is 0 Å². The molecule has 1 aromatic carbocycles. The number of carbonyl (C=O) groups is 3. The number of rotatable bonds is 5. The summed E-state index contributed by atoms with van der Waals surface area (Å²) < 4.78 is 51.2. The minimum atomic E-state index is -5.13. The first kappa shape index (κ1) is 25.3. The van der Waals surface area contributed by atoms with Gasteiger partial charge in [0, 0.05) is 29.9 Å². The second-order valence-corrected chi connectivity index (χ2v) is 9.29. The molecule has 3 amide bonds. The highest BCUT2D eigenvalue weighted by atomic mass is 19.4. The fourth-order valence-electron chi connectivity index (χ4n) is 5.22. The number of nitriles is 1. The molecule has 1 saturated heterocycles. The molecule has 1 spiro atoms. The Hall–Kier alpha value is -3.75. The van der Waals surface area contributed by atoms with Crippen LogP contribution in [-0.4, -0.2) is 52.9 Å². The van der Waals surface area contributed by atoms with Crippen LogP contribution in [0, 0.1) is 22.6 Å². The molecule has 2 unspecified atom stereocenters. The van der Waals surface area contributed by atoms with Crippen LogP contribution in [0.5, 0.6) is 0 Å². The van der Waals surface area contributed by atoms with Crippen molar-refractivity contribution in [2.75, 3.05) is 13.1 Å². The highest BCUT2D eigenvalue weighted by Gasteiger charge is 2.50.